The minimum Gasteiger partial charge on any atom is -0.386 e. The minimum absolute atomic E-state index is 0.0186. The molecule has 8 rings (SSSR count). The lowest BCUT2D eigenvalue weighted by Crippen LogP contribution is -2.15. The van der Waals surface area contributed by atoms with Crippen molar-refractivity contribution in [1.29, 1.82) is 0 Å². The molecule has 28 heteroatoms. The molecule has 0 amide bonds. The highest BCUT2D eigenvalue weighted by atomic mass is 35.5. The molecule has 0 fully saturated rings. The van der Waals surface area contributed by atoms with Gasteiger partial charge in [0.05, 0.1) is 49.2 Å². The maximum atomic E-state index is 12.4. The maximum Gasteiger partial charge on any atom is 0.179 e. The molecule has 0 aliphatic carbocycles. The van der Waals surface area contributed by atoms with E-state index in [4.69, 9.17) is 46.3 Å². The van der Waals surface area contributed by atoms with Gasteiger partial charge < -0.3 is 42.7 Å². The third kappa shape index (κ3) is 22.5. The largest absolute Gasteiger partial charge is 0.386 e. The van der Waals surface area contributed by atoms with Crippen molar-refractivity contribution in [3.63, 3.8) is 0 Å². The molecule has 0 saturated heterocycles. The van der Waals surface area contributed by atoms with Crippen molar-refractivity contribution in [1.82, 2.24) is 39.9 Å². The summed E-state index contributed by atoms with van der Waals surface area (Å²) in [5.74, 6) is 2.36. The van der Waals surface area contributed by atoms with Crippen molar-refractivity contribution < 1.29 is 46.5 Å². The number of halogens is 3. The Morgan fingerprint density at radius 2 is 0.875 bits per heavy atom. The van der Waals surface area contributed by atoms with Crippen molar-refractivity contribution in [2.24, 2.45) is 0 Å². The number of nitrogens with one attached hydrogen (secondary N) is 3. The molecule has 88 heavy (non-hydrogen) atoms. The van der Waals surface area contributed by atoms with Gasteiger partial charge >= 0.3 is 0 Å². The fourth-order valence-corrected chi connectivity index (χ4v) is 9.32. The summed E-state index contributed by atoms with van der Waals surface area (Å²) in [6, 6.07) is 21.0. The van der Waals surface area contributed by atoms with E-state index >= 15 is 0 Å². The van der Waals surface area contributed by atoms with Gasteiger partial charge in [-0.1, -0.05) is 73.8 Å². The zero-order valence-electron chi connectivity index (χ0n) is 50.1. The van der Waals surface area contributed by atoms with Crippen LogP contribution in [0.1, 0.15) is 129 Å². The number of nitrogens with two attached hydrogens (primary N) is 2. The summed E-state index contributed by atoms with van der Waals surface area (Å²) in [6.07, 6.45) is 15.2. The van der Waals surface area contributed by atoms with E-state index in [1.807, 2.05) is 0 Å². The van der Waals surface area contributed by atoms with E-state index < -0.39 is 36.5 Å². The number of carbonyl (C=O) groups excluding carboxylic acids is 3. The average Bonchev–Trinajstić information content (AvgIpc) is 1.67. The number of pyridine rings is 8. The summed E-state index contributed by atoms with van der Waals surface area (Å²) < 4.78 is 46.1. The minimum atomic E-state index is -3.54. The summed E-state index contributed by atoms with van der Waals surface area (Å²) >= 11 is 17.4. The van der Waals surface area contributed by atoms with E-state index in [0.717, 1.165) is 18.1 Å². The zero-order valence-corrected chi connectivity index (χ0v) is 54.0. The number of sulfone groups is 2. The van der Waals surface area contributed by atoms with Gasteiger partial charge in [-0.05, 0) is 90.1 Å². The van der Waals surface area contributed by atoms with Crippen LogP contribution >= 0.6 is 34.8 Å². The fourth-order valence-electron chi connectivity index (χ4n) is 7.05. The Morgan fingerprint density at radius 1 is 0.477 bits per heavy atom. The van der Waals surface area contributed by atoms with E-state index in [2.05, 4.69) is 55.8 Å². The van der Waals surface area contributed by atoms with Crippen LogP contribution in [0.5, 0.6) is 0 Å². The number of hydrogen-bond acceptors (Lipinski definition) is 23. The first-order chi connectivity index (χ1) is 41.0. The topological polar surface area (TPSA) is 371 Å². The first kappa shape index (κ1) is 72.3. The molecule has 8 heterocycles. The first-order valence-electron chi connectivity index (χ1n) is 26.7. The van der Waals surface area contributed by atoms with E-state index in [9.17, 15) is 46.5 Å². The second-order valence-corrected chi connectivity index (χ2v) is 25.8. The predicted molar refractivity (Wildman–Crippen MR) is 343 cm³/mol. The molecule has 8 aromatic rings. The number of carbonyl (C=O) groups is 3. The summed E-state index contributed by atoms with van der Waals surface area (Å²) in [5.41, 5.74) is 11.6. The van der Waals surface area contributed by atoms with Crippen LogP contribution in [-0.4, -0.2) is 102 Å². The van der Waals surface area contributed by atoms with E-state index in [1.165, 1.54) is 61.3 Å². The summed E-state index contributed by atoms with van der Waals surface area (Å²) in [4.78, 5) is 67.7. The molecular formula is C60H70Cl3N13O10S2. The maximum absolute atomic E-state index is 12.4. The van der Waals surface area contributed by atoms with Crippen LogP contribution < -0.4 is 27.4 Å². The van der Waals surface area contributed by atoms with Crippen molar-refractivity contribution >= 4 is 118 Å². The molecule has 23 nitrogen and oxygen atoms in total. The lowest BCUT2D eigenvalue weighted by atomic mass is 10.0. The molecule has 468 valence electrons. The van der Waals surface area contributed by atoms with Crippen LogP contribution in [0.4, 0.5) is 46.4 Å². The zero-order chi connectivity index (χ0) is 66.0. The summed E-state index contributed by atoms with van der Waals surface area (Å²) in [7, 11) is -6.76. The van der Waals surface area contributed by atoms with Crippen LogP contribution in [0.25, 0.3) is 0 Å². The van der Waals surface area contributed by atoms with Crippen molar-refractivity contribution in [2.45, 2.75) is 108 Å². The van der Waals surface area contributed by atoms with Gasteiger partial charge in [0.2, 0.25) is 0 Å². The number of rotatable bonds is 17. The molecule has 0 atom stereocenters. The molecule has 0 unspecified atom stereocenters. The average molecular weight is 1300 g/mol. The van der Waals surface area contributed by atoms with Gasteiger partial charge in [-0.15, -0.1) is 0 Å². The molecule has 0 radical (unpaired) electrons. The van der Waals surface area contributed by atoms with Crippen LogP contribution in [-0.2, 0) is 36.5 Å². The molecule has 0 aromatic carbocycles. The highest BCUT2D eigenvalue weighted by molar-refractivity contribution is 7.91. The lowest BCUT2D eigenvalue weighted by molar-refractivity contribution is 0.0777. The number of ketones is 3. The van der Waals surface area contributed by atoms with E-state index in [1.54, 1.807) is 129 Å². The van der Waals surface area contributed by atoms with Gasteiger partial charge in [-0.3, -0.25) is 14.4 Å². The second kappa shape index (κ2) is 31.7. The van der Waals surface area contributed by atoms with Gasteiger partial charge in [-0.25, -0.2) is 56.7 Å². The van der Waals surface area contributed by atoms with Crippen LogP contribution in [0, 0.1) is 0 Å². The summed E-state index contributed by atoms with van der Waals surface area (Å²) in [6.45, 7) is 15.4. The van der Waals surface area contributed by atoms with Crippen LogP contribution in [0.3, 0.4) is 0 Å². The molecule has 0 aliphatic heterocycles. The third-order valence-electron chi connectivity index (χ3n) is 12.0. The summed E-state index contributed by atoms with van der Waals surface area (Å²) in [5, 5.41) is 39.5. The van der Waals surface area contributed by atoms with E-state index in [0.29, 0.717) is 90.6 Å². The Kier molecular flexibility index (Phi) is 26.0. The normalized spacial score (nSPS) is 11.3. The molecule has 8 aromatic heterocycles. The van der Waals surface area contributed by atoms with Crippen molar-refractivity contribution in [2.75, 3.05) is 39.9 Å². The number of nitrogen functional groups attached to an aromatic ring is 2. The van der Waals surface area contributed by atoms with Gasteiger partial charge in [0, 0.05) is 110 Å². The van der Waals surface area contributed by atoms with Crippen LogP contribution in [0.2, 0.25) is 15.2 Å². The first-order valence-corrected chi connectivity index (χ1v) is 31.6. The van der Waals surface area contributed by atoms with E-state index in [-0.39, 0.29) is 45.2 Å². The second-order valence-electron chi connectivity index (χ2n) is 20.7. The molecular weight excluding hydrogens is 1230 g/mol. The molecule has 0 bridgehead atoms. The number of anilines is 8. The molecule has 0 aliphatic rings. The predicted octanol–water partition coefficient (Wildman–Crippen LogP) is 11.2. The third-order valence-corrected chi connectivity index (χ3v) is 15.1. The highest BCUT2D eigenvalue weighted by Crippen LogP contribution is 2.30. The highest BCUT2D eigenvalue weighted by Gasteiger charge is 2.21. The Labute approximate surface area is 526 Å². The van der Waals surface area contributed by atoms with Crippen LogP contribution in [0.15, 0.2) is 138 Å². The van der Waals surface area contributed by atoms with Crippen molar-refractivity contribution in [3.8, 4) is 0 Å². The van der Waals surface area contributed by atoms with Crippen molar-refractivity contribution in [3.05, 3.63) is 177 Å². The molecule has 10 N–H and O–H groups in total. The standard InChI is InChI=1S/C22H25N5O4S.C16H18ClN3O2.C8H7Cl2NO.C8H12N2O.C6H8N2O2S/c1-5-17(28)15-13-25-20(27-19-9-8-14(12-24-19)22(2,3)29)11-16(15)26-21-18(32(4,30)31)7-6-10-23-21;1-4-13(21)11-9-19-15(7-12(11)17)20-14-6-5-10(8-18-14)16(2,3)22;1-2-7(12)5-4-11-8(10)3-6(5)9;1-8(2,11)6-3-4-7(9)10-5-6;1-11(9,10)5-3-2-4-8-6(5)7/h6-13,29H,5H2,1-4H3,(H2,23,24,25,26,27);5-9,22H,4H2,1-3H3,(H,18,19,20);3-4H,2H2,1H3;3-5,11H,1-2H3,(H2,9,10);2-4H,1H3,(H2,7,8). The van der Waals surface area contributed by atoms with Gasteiger partial charge in [-0.2, -0.15) is 0 Å². The Bertz CT molecular complexity index is 3920. The molecule has 0 spiro atoms. The fraction of sp³-hybridized carbons (Fsp3) is 0.283. The SMILES string of the molecule is CC(C)(O)c1ccc(N)nc1.CCC(=O)c1cnc(Cl)cc1Cl.CCC(=O)c1cnc(Nc2ccc(C(C)(C)O)cn2)cc1Cl.CCC(=O)c1cnc(Nc2ccc(C(C)(C)O)cn2)cc1Nc1ncccc1S(C)(=O)=O.CS(=O)(=O)c1cccnc1N. The number of Topliss-reactive ketones (excluding diaryl/α,β-unsaturated/α-hetero) is 3. The number of aromatic nitrogens is 8. The quantitative estimate of drug-likeness (QED) is 0.0310. The molecule has 0 saturated carbocycles. The Morgan fingerprint density at radius 3 is 1.26 bits per heavy atom. The Hall–Kier alpha value is -8.14. The van der Waals surface area contributed by atoms with Gasteiger partial charge in [0.15, 0.2) is 37.0 Å². The van der Waals surface area contributed by atoms with Gasteiger partial charge in [0.25, 0.3) is 0 Å². The van der Waals surface area contributed by atoms with Gasteiger partial charge in [0.1, 0.15) is 55.7 Å². The number of hydrogen-bond donors (Lipinski definition) is 8. The smallest absolute Gasteiger partial charge is 0.179 e. The number of nitrogens with zero attached hydrogens (tertiary/aromatic N) is 8. The number of aliphatic hydroxyl groups is 3. The Balaban J connectivity index is 0.000000255. The monoisotopic (exact) mass is 1300 g/mol. The lowest BCUT2D eigenvalue weighted by Gasteiger charge is -2.17.